The fourth-order valence-electron chi connectivity index (χ4n) is 1.62. The number of amides is 1. The molecule has 6 heteroatoms. The van der Waals surface area contributed by atoms with Gasteiger partial charge in [-0.15, -0.1) is 0 Å². The molecule has 0 aliphatic rings. The summed E-state index contributed by atoms with van der Waals surface area (Å²) >= 11 is 0. The minimum Gasteiger partial charge on any atom is -0.470 e. The van der Waals surface area contributed by atoms with Gasteiger partial charge in [-0.05, 0) is 46.8 Å². The highest BCUT2D eigenvalue weighted by molar-refractivity contribution is 5.76. The number of aromatic nitrogens is 1. The molecule has 0 saturated carbocycles. The number of carbonyl (C=O) groups excluding carboxylic acids is 1. The van der Waals surface area contributed by atoms with Crippen LogP contribution in [-0.2, 0) is 4.79 Å². The Labute approximate surface area is 126 Å². The number of ether oxygens (including phenoxy) is 1. The fourth-order valence-corrected chi connectivity index (χ4v) is 1.62. The van der Waals surface area contributed by atoms with Crippen molar-refractivity contribution in [2.75, 3.05) is 17.6 Å². The van der Waals surface area contributed by atoms with Crippen molar-refractivity contribution in [1.29, 1.82) is 0 Å². The van der Waals surface area contributed by atoms with E-state index in [-0.39, 0.29) is 17.6 Å². The van der Waals surface area contributed by atoms with Gasteiger partial charge in [0.05, 0.1) is 5.69 Å². The maximum atomic E-state index is 11.5. The van der Waals surface area contributed by atoms with Gasteiger partial charge in [-0.1, -0.05) is 0 Å². The molecule has 21 heavy (non-hydrogen) atoms. The molecule has 4 N–H and O–H groups in total. The normalized spacial score (nSPS) is 11.3. The van der Waals surface area contributed by atoms with Gasteiger partial charge < -0.3 is 21.1 Å². The van der Waals surface area contributed by atoms with Crippen LogP contribution in [0.1, 0.15) is 41.0 Å². The zero-order chi connectivity index (χ0) is 16.0. The van der Waals surface area contributed by atoms with E-state index in [1.54, 1.807) is 12.1 Å². The van der Waals surface area contributed by atoms with Gasteiger partial charge in [0, 0.05) is 19.0 Å². The van der Waals surface area contributed by atoms with Crippen molar-refractivity contribution in [3.63, 3.8) is 0 Å². The first kappa shape index (κ1) is 17.1. The van der Waals surface area contributed by atoms with Gasteiger partial charge in [-0.25, -0.2) is 0 Å². The van der Waals surface area contributed by atoms with Crippen LogP contribution in [0.15, 0.2) is 12.1 Å². The van der Waals surface area contributed by atoms with Crippen molar-refractivity contribution < 1.29 is 9.53 Å². The SMILES string of the molecule is CC(C)NC(=O)CCNc1ccc(N)c(OC(C)(C)C)n1. The summed E-state index contributed by atoms with van der Waals surface area (Å²) in [7, 11) is 0. The third-order valence-corrected chi connectivity index (χ3v) is 2.40. The molecule has 1 aromatic rings. The van der Waals surface area contributed by atoms with Crippen LogP contribution in [0, 0.1) is 0 Å². The molecular weight excluding hydrogens is 268 g/mol. The van der Waals surface area contributed by atoms with E-state index in [1.165, 1.54) is 0 Å². The number of nitrogens with one attached hydrogen (secondary N) is 2. The van der Waals surface area contributed by atoms with Gasteiger partial charge >= 0.3 is 0 Å². The third kappa shape index (κ3) is 6.83. The Kier molecular flexibility index (Phi) is 5.81. The summed E-state index contributed by atoms with van der Waals surface area (Å²) in [4.78, 5) is 15.9. The van der Waals surface area contributed by atoms with Gasteiger partial charge in [0.1, 0.15) is 11.4 Å². The first-order valence-corrected chi connectivity index (χ1v) is 7.16. The van der Waals surface area contributed by atoms with Crippen LogP contribution in [0.3, 0.4) is 0 Å². The standard InChI is InChI=1S/C15H26N4O2/c1-10(2)18-13(20)8-9-17-12-7-6-11(16)14(19-12)21-15(3,4)5/h6-7,10H,8-9,16H2,1-5H3,(H,17,19)(H,18,20). The molecule has 0 aromatic carbocycles. The number of hydrogen-bond acceptors (Lipinski definition) is 5. The van der Waals surface area contributed by atoms with Gasteiger partial charge in [0.25, 0.3) is 0 Å². The van der Waals surface area contributed by atoms with E-state index in [4.69, 9.17) is 10.5 Å². The Hall–Kier alpha value is -1.98. The lowest BCUT2D eigenvalue weighted by Crippen LogP contribution is -2.31. The first-order chi connectivity index (χ1) is 9.67. The summed E-state index contributed by atoms with van der Waals surface area (Å²) in [5, 5.41) is 5.93. The van der Waals surface area contributed by atoms with Crippen LogP contribution in [0.5, 0.6) is 5.88 Å². The molecule has 0 saturated heterocycles. The van der Waals surface area contributed by atoms with E-state index in [1.807, 2.05) is 34.6 Å². The van der Waals surface area contributed by atoms with Crippen LogP contribution < -0.4 is 21.1 Å². The average molecular weight is 294 g/mol. The van der Waals surface area contributed by atoms with Crippen molar-refractivity contribution in [2.24, 2.45) is 0 Å². The van der Waals surface area contributed by atoms with Crippen LogP contribution in [-0.4, -0.2) is 29.1 Å². The zero-order valence-corrected chi connectivity index (χ0v) is 13.5. The van der Waals surface area contributed by atoms with Crippen molar-refractivity contribution in [3.8, 4) is 5.88 Å². The number of nitrogens with zero attached hydrogens (tertiary/aromatic N) is 1. The summed E-state index contributed by atoms with van der Waals surface area (Å²) in [5.41, 5.74) is 5.98. The van der Waals surface area contributed by atoms with Gasteiger partial charge in [-0.2, -0.15) is 4.98 Å². The van der Waals surface area contributed by atoms with Crippen LogP contribution in [0.25, 0.3) is 0 Å². The molecule has 0 aliphatic carbocycles. The monoisotopic (exact) mass is 294 g/mol. The van der Waals surface area contributed by atoms with Crippen molar-refractivity contribution >= 4 is 17.4 Å². The minimum atomic E-state index is -0.364. The Bertz CT molecular complexity index is 481. The van der Waals surface area contributed by atoms with Gasteiger partial charge in [0.15, 0.2) is 0 Å². The topological polar surface area (TPSA) is 89.3 Å². The highest BCUT2D eigenvalue weighted by atomic mass is 16.5. The molecule has 0 atom stereocenters. The molecule has 1 aromatic heterocycles. The smallest absolute Gasteiger partial charge is 0.239 e. The minimum absolute atomic E-state index is 0.0131. The van der Waals surface area contributed by atoms with Gasteiger partial charge in [-0.3, -0.25) is 4.79 Å². The highest BCUT2D eigenvalue weighted by Crippen LogP contribution is 2.24. The lowest BCUT2D eigenvalue weighted by atomic mass is 10.2. The molecule has 0 fully saturated rings. The molecule has 118 valence electrons. The molecule has 1 amide bonds. The van der Waals surface area contributed by atoms with Crippen molar-refractivity contribution in [3.05, 3.63) is 12.1 Å². The number of nitrogens with two attached hydrogens (primary N) is 1. The lowest BCUT2D eigenvalue weighted by Gasteiger charge is -2.21. The van der Waals surface area contributed by atoms with E-state index in [0.717, 1.165) is 0 Å². The number of anilines is 2. The fraction of sp³-hybridized carbons (Fsp3) is 0.600. The predicted molar refractivity (Wildman–Crippen MR) is 85.4 cm³/mol. The summed E-state index contributed by atoms with van der Waals surface area (Å²) in [6, 6.07) is 3.66. The zero-order valence-electron chi connectivity index (χ0n) is 13.5. The Morgan fingerprint density at radius 3 is 2.62 bits per heavy atom. The molecule has 0 spiro atoms. The third-order valence-electron chi connectivity index (χ3n) is 2.40. The first-order valence-electron chi connectivity index (χ1n) is 7.16. The molecule has 0 radical (unpaired) electrons. The molecular formula is C15H26N4O2. The number of carbonyl (C=O) groups is 1. The maximum Gasteiger partial charge on any atom is 0.239 e. The summed E-state index contributed by atoms with van der Waals surface area (Å²) < 4.78 is 5.70. The van der Waals surface area contributed by atoms with Crippen molar-refractivity contribution in [1.82, 2.24) is 10.3 Å². The molecule has 1 heterocycles. The summed E-state index contributed by atoms with van der Waals surface area (Å²) in [6.45, 7) is 10.2. The molecule has 6 nitrogen and oxygen atoms in total. The van der Waals surface area contributed by atoms with Gasteiger partial charge in [0.2, 0.25) is 11.8 Å². The number of hydrogen-bond donors (Lipinski definition) is 3. The van der Waals surface area contributed by atoms with Crippen LogP contribution in [0.2, 0.25) is 0 Å². The average Bonchev–Trinajstić information content (AvgIpc) is 2.30. The summed E-state index contributed by atoms with van der Waals surface area (Å²) in [5.74, 6) is 1.05. The van der Waals surface area contributed by atoms with E-state index in [2.05, 4.69) is 15.6 Å². The van der Waals surface area contributed by atoms with Crippen LogP contribution >= 0.6 is 0 Å². The van der Waals surface area contributed by atoms with E-state index in [0.29, 0.717) is 30.4 Å². The van der Waals surface area contributed by atoms with E-state index in [9.17, 15) is 4.79 Å². The Morgan fingerprint density at radius 2 is 2.05 bits per heavy atom. The van der Waals surface area contributed by atoms with Crippen molar-refractivity contribution in [2.45, 2.75) is 52.7 Å². The second kappa shape index (κ2) is 7.15. The summed E-state index contributed by atoms with van der Waals surface area (Å²) in [6.07, 6.45) is 0.389. The van der Waals surface area contributed by atoms with E-state index >= 15 is 0 Å². The predicted octanol–water partition coefficient (Wildman–Crippen LogP) is 2.17. The Balaban J connectivity index is 2.56. The molecule has 1 rings (SSSR count). The maximum absolute atomic E-state index is 11.5. The highest BCUT2D eigenvalue weighted by Gasteiger charge is 2.15. The molecule has 0 bridgehead atoms. The molecule has 0 aliphatic heterocycles. The second-order valence-corrected chi connectivity index (χ2v) is 6.20. The number of rotatable bonds is 6. The van der Waals surface area contributed by atoms with E-state index < -0.39 is 0 Å². The number of pyridine rings is 1. The lowest BCUT2D eigenvalue weighted by molar-refractivity contribution is -0.121. The second-order valence-electron chi connectivity index (χ2n) is 6.20. The van der Waals surface area contributed by atoms with Crippen LogP contribution in [0.4, 0.5) is 11.5 Å². The number of nitrogen functional groups attached to an aromatic ring is 1. The molecule has 0 unspecified atom stereocenters. The Morgan fingerprint density at radius 1 is 1.38 bits per heavy atom. The quantitative estimate of drug-likeness (QED) is 0.748. The largest absolute Gasteiger partial charge is 0.470 e.